The van der Waals surface area contributed by atoms with Crippen molar-refractivity contribution in [1.29, 1.82) is 0 Å². The predicted molar refractivity (Wildman–Crippen MR) is 72.7 cm³/mol. The molecule has 1 heterocycles. The summed E-state index contributed by atoms with van der Waals surface area (Å²) in [5, 5.41) is 9.89. The molecule has 4 heteroatoms. The van der Waals surface area contributed by atoms with E-state index in [4.69, 9.17) is 9.47 Å². The Morgan fingerprint density at radius 3 is 2.68 bits per heavy atom. The van der Waals surface area contributed by atoms with Crippen LogP contribution < -0.4 is 0 Å². The van der Waals surface area contributed by atoms with Crippen LogP contribution in [-0.4, -0.2) is 36.7 Å². The van der Waals surface area contributed by atoms with E-state index >= 15 is 0 Å². The average molecular weight is 263 g/mol. The Labute approximate surface area is 114 Å². The smallest absolute Gasteiger partial charge is 0.180 e. The van der Waals surface area contributed by atoms with Crippen LogP contribution in [0.25, 0.3) is 0 Å². The number of nitrogens with zero attached hydrogens (tertiary/aromatic N) is 1. The number of pyridine rings is 1. The summed E-state index contributed by atoms with van der Waals surface area (Å²) in [5.41, 5.74) is 1.65. The van der Waals surface area contributed by atoms with Crippen LogP contribution in [0.2, 0.25) is 0 Å². The minimum atomic E-state index is -0.457. The maximum Gasteiger partial charge on any atom is 0.180 e. The highest BCUT2D eigenvalue weighted by Crippen LogP contribution is 2.41. The minimum Gasteiger partial charge on any atom is -0.389 e. The molecule has 0 saturated carbocycles. The highest BCUT2D eigenvalue weighted by Gasteiger charge is 2.40. The van der Waals surface area contributed by atoms with Gasteiger partial charge < -0.3 is 14.6 Å². The van der Waals surface area contributed by atoms with Gasteiger partial charge in [0.15, 0.2) is 6.29 Å². The zero-order chi connectivity index (χ0) is 13.9. The van der Waals surface area contributed by atoms with Crippen LogP contribution in [0.1, 0.15) is 25.5 Å². The van der Waals surface area contributed by atoms with Crippen molar-refractivity contribution in [1.82, 2.24) is 4.98 Å². The molecule has 1 aliphatic rings. The highest BCUT2D eigenvalue weighted by atomic mass is 16.7. The van der Waals surface area contributed by atoms with Crippen molar-refractivity contribution in [3.05, 3.63) is 41.7 Å². The molecule has 0 amide bonds. The summed E-state index contributed by atoms with van der Waals surface area (Å²) in [6, 6.07) is 5.89. The average Bonchev–Trinajstić information content (AvgIpc) is 2.45. The molecule has 1 N–H and O–H groups in total. The summed E-state index contributed by atoms with van der Waals surface area (Å²) in [6.45, 7) is 2.12. The molecule has 104 valence electrons. The van der Waals surface area contributed by atoms with E-state index in [1.54, 1.807) is 20.4 Å². The molecule has 0 bridgehead atoms. The fraction of sp³-hybridized carbons (Fsp3) is 0.533. The predicted octanol–water partition coefficient (Wildman–Crippen LogP) is 2.04. The van der Waals surface area contributed by atoms with E-state index in [1.165, 1.54) is 0 Å². The van der Waals surface area contributed by atoms with Crippen molar-refractivity contribution in [3.8, 4) is 0 Å². The van der Waals surface area contributed by atoms with Gasteiger partial charge in [-0.15, -0.1) is 0 Å². The van der Waals surface area contributed by atoms with E-state index in [9.17, 15) is 5.11 Å². The molecule has 1 aromatic rings. The van der Waals surface area contributed by atoms with E-state index < -0.39 is 12.4 Å². The van der Waals surface area contributed by atoms with Crippen molar-refractivity contribution >= 4 is 0 Å². The molecule has 2 rings (SSSR count). The summed E-state index contributed by atoms with van der Waals surface area (Å²) in [7, 11) is 3.21. The molecule has 2 unspecified atom stereocenters. The van der Waals surface area contributed by atoms with Crippen LogP contribution in [-0.2, 0) is 14.9 Å². The summed E-state index contributed by atoms with van der Waals surface area (Å²) < 4.78 is 10.7. The lowest BCUT2D eigenvalue weighted by molar-refractivity contribution is -0.0846. The third-order valence-corrected chi connectivity index (χ3v) is 3.86. The number of methoxy groups -OCH3 is 2. The lowest BCUT2D eigenvalue weighted by Gasteiger charge is -2.39. The molecule has 19 heavy (non-hydrogen) atoms. The molecule has 1 aromatic heterocycles. The Kier molecular flexibility index (Phi) is 4.34. The second-order valence-electron chi connectivity index (χ2n) is 5.08. The van der Waals surface area contributed by atoms with E-state index in [-0.39, 0.29) is 5.41 Å². The minimum absolute atomic E-state index is 0.267. The van der Waals surface area contributed by atoms with Crippen molar-refractivity contribution < 1.29 is 14.6 Å². The van der Waals surface area contributed by atoms with E-state index in [0.717, 1.165) is 24.1 Å². The number of aromatic nitrogens is 1. The first-order valence-corrected chi connectivity index (χ1v) is 6.49. The molecule has 0 spiro atoms. The second-order valence-corrected chi connectivity index (χ2v) is 5.08. The van der Waals surface area contributed by atoms with Gasteiger partial charge in [-0.05, 0) is 30.5 Å². The maximum absolute atomic E-state index is 9.89. The molecule has 0 fully saturated rings. The topological polar surface area (TPSA) is 51.6 Å². The quantitative estimate of drug-likeness (QED) is 0.667. The molecule has 0 aromatic carbocycles. The number of ether oxygens (including phenoxy) is 2. The first-order valence-electron chi connectivity index (χ1n) is 6.49. The molecule has 2 atom stereocenters. The van der Waals surface area contributed by atoms with Gasteiger partial charge >= 0.3 is 0 Å². The van der Waals surface area contributed by atoms with Crippen LogP contribution in [0, 0.1) is 0 Å². The van der Waals surface area contributed by atoms with Gasteiger partial charge in [-0.1, -0.05) is 19.1 Å². The summed E-state index contributed by atoms with van der Waals surface area (Å²) in [6.07, 6.45) is 4.27. The lowest BCUT2D eigenvalue weighted by atomic mass is 9.70. The van der Waals surface area contributed by atoms with Crippen LogP contribution in [0.3, 0.4) is 0 Å². The second kappa shape index (κ2) is 5.82. The fourth-order valence-corrected chi connectivity index (χ4v) is 2.71. The molecule has 4 nitrogen and oxygen atoms in total. The van der Waals surface area contributed by atoms with Crippen molar-refractivity contribution in [2.75, 3.05) is 14.2 Å². The maximum atomic E-state index is 9.89. The van der Waals surface area contributed by atoms with Gasteiger partial charge in [-0.25, -0.2) is 0 Å². The number of hydrogen-bond donors (Lipinski definition) is 1. The van der Waals surface area contributed by atoms with E-state index in [2.05, 4.69) is 11.9 Å². The number of hydrogen-bond acceptors (Lipinski definition) is 4. The third kappa shape index (κ3) is 2.71. The SMILES string of the molecule is COC(OC)C1=CC(O)CCC1(C)c1ccccn1. The van der Waals surface area contributed by atoms with Gasteiger partial charge in [0.1, 0.15) is 0 Å². The Morgan fingerprint density at radius 1 is 1.37 bits per heavy atom. The van der Waals surface area contributed by atoms with Gasteiger partial charge in [-0.2, -0.15) is 0 Å². The van der Waals surface area contributed by atoms with Crippen LogP contribution >= 0.6 is 0 Å². The molecule has 1 aliphatic carbocycles. The highest BCUT2D eigenvalue weighted by molar-refractivity contribution is 5.35. The Morgan fingerprint density at radius 2 is 2.11 bits per heavy atom. The molecule has 0 radical (unpaired) electrons. The lowest BCUT2D eigenvalue weighted by Crippen LogP contribution is -2.38. The van der Waals surface area contributed by atoms with Crippen molar-refractivity contribution in [2.24, 2.45) is 0 Å². The largest absolute Gasteiger partial charge is 0.389 e. The zero-order valence-corrected chi connectivity index (χ0v) is 11.7. The molecular weight excluding hydrogens is 242 g/mol. The number of aliphatic hydroxyl groups is 1. The third-order valence-electron chi connectivity index (χ3n) is 3.86. The summed E-state index contributed by atoms with van der Waals surface area (Å²) in [4.78, 5) is 4.47. The molecular formula is C15H21NO3. The molecule has 0 aliphatic heterocycles. The number of rotatable bonds is 4. The monoisotopic (exact) mass is 263 g/mol. The van der Waals surface area contributed by atoms with Crippen LogP contribution in [0.15, 0.2) is 36.0 Å². The van der Waals surface area contributed by atoms with E-state index in [0.29, 0.717) is 0 Å². The van der Waals surface area contributed by atoms with Crippen molar-refractivity contribution in [3.63, 3.8) is 0 Å². The Balaban J connectivity index is 2.45. The zero-order valence-electron chi connectivity index (χ0n) is 11.7. The van der Waals surface area contributed by atoms with Gasteiger partial charge in [-0.3, -0.25) is 4.98 Å². The van der Waals surface area contributed by atoms with Crippen molar-refractivity contribution in [2.45, 2.75) is 37.6 Å². The Bertz CT molecular complexity index is 442. The Hall–Kier alpha value is -1.23. The van der Waals surface area contributed by atoms with Gasteiger partial charge in [0, 0.05) is 25.8 Å². The van der Waals surface area contributed by atoms with E-state index in [1.807, 2.05) is 24.3 Å². The fourth-order valence-electron chi connectivity index (χ4n) is 2.71. The summed E-state index contributed by atoms with van der Waals surface area (Å²) in [5.74, 6) is 0. The summed E-state index contributed by atoms with van der Waals surface area (Å²) >= 11 is 0. The van der Waals surface area contributed by atoms with Gasteiger partial charge in [0.2, 0.25) is 0 Å². The molecule has 0 saturated heterocycles. The standard InChI is InChI=1S/C15H21NO3/c1-15(13-6-4-5-9-16-13)8-7-11(17)10-12(15)14(18-2)19-3/h4-6,9-11,14,17H,7-8H2,1-3H3. The normalized spacial score (nSPS) is 27.4. The van der Waals surface area contributed by atoms with Crippen LogP contribution in [0.5, 0.6) is 0 Å². The first kappa shape index (κ1) is 14.2. The van der Waals surface area contributed by atoms with Gasteiger partial charge in [0.05, 0.1) is 11.8 Å². The van der Waals surface area contributed by atoms with Gasteiger partial charge in [0.25, 0.3) is 0 Å². The van der Waals surface area contributed by atoms with Crippen LogP contribution in [0.4, 0.5) is 0 Å². The number of aliphatic hydroxyl groups excluding tert-OH is 1. The first-order chi connectivity index (χ1) is 9.11.